The highest BCUT2D eigenvalue weighted by molar-refractivity contribution is 7.90. The van der Waals surface area contributed by atoms with Gasteiger partial charge in [-0.25, -0.2) is 22.0 Å². The monoisotopic (exact) mass is 650 g/mol. The first-order chi connectivity index (χ1) is 22.1. The number of likely N-dealkylation sites (tertiary alicyclic amines) is 1. The number of benzene rings is 3. The van der Waals surface area contributed by atoms with E-state index in [1.165, 1.54) is 29.8 Å². The van der Waals surface area contributed by atoms with Crippen LogP contribution in [-0.4, -0.2) is 62.6 Å². The van der Waals surface area contributed by atoms with Crippen molar-refractivity contribution in [1.29, 1.82) is 0 Å². The van der Waals surface area contributed by atoms with Crippen molar-refractivity contribution in [2.45, 2.75) is 49.3 Å². The lowest BCUT2D eigenvalue weighted by molar-refractivity contribution is -0.117. The second kappa shape index (κ2) is 15.0. The van der Waals surface area contributed by atoms with Crippen LogP contribution in [0.25, 0.3) is 0 Å². The van der Waals surface area contributed by atoms with Crippen molar-refractivity contribution >= 4 is 33.1 Å². The Morgan fingerprint density at radius 1 is 0.935 bits per heavy atom. The van der Waals surface area contributed by atoms with Crippen LogP contribution in [0.3, 0.4) is 0 Å². The molecule has 2 unspecified atom stereocenters. The van der Waals surface area contributed by atoms with Crippen LogP contribution < -0.4 is 10.7 Å². The van der Waals surface area contributed by atoms with Gasteiger partial charge in [0.2, 0.25) is 5.91 Å². The van der Waals surface area contributed by atoms with E-state index in [9.17, 15) is 26.8 Å². The summed E-state index contributed by atoms with van der Waals surface area (Å²) in [5.74, 6) is 1.31. The van der Waals surface area contributed by atoms with Crippen LogP contribution in [0.2, 0.25) is 0 Å². The summed E-state index contributed by atoms with van der Waals surface area (Å²) >= 11 is 0. The fourth-order valence-corrected chi connectivity index (χ4v) is 7.23. The number of piperidine rings is 2. The summed E-state index contributed by atoms with van der Waals surface area (Å²) in [6, 6.07) is 19.7. The first-order valence-corrected chi connectivity index (χ1v) is 17.6. The van der Waals surface area contributed by atoms with Gasteiger partial charge in [0.1, 0.15) is 23.3 Å². The average Bonchev–Trinajstić information content (AvgIpc) is 3.02. The molecule has 244 valence electrons. The SMILES string of the molecule is CS(=O)(=O)c1ccc(NC(=O)CC2CCN(CCC(c3ccccc3)C3CCN(Nc4cc(F)cc(F)c4)C(=C=O)C3)CC2)cc1. The zero-order chi connectivity index (χ0) is 32.7. The van der Waals surface area contributed by atoms with Crippen LogP contribution >= 0.6 is 0 Å². The molecule has 5 rings (SSSR count). The summed E-state index contributed by atoms with van der Waals surface area (Å²) < 4.78 is 50.8. The van der Waals surface area contributed by atoms with Gasteiger partial charge in [-0.15, -0.1) is 0 Å². The summed E-state index contributed by atoms with van der Waals surface area (Å²) in [6.45, 7) is 3.20. The number of nitrogens with zero attached hydrogens (tertiary/aromatic N) is 2. The normalized spacial score (nSPS) is 18.5. The average molecular weight is 651 g/mol. The molecule has 0 aromatic heterocycles. The van der Waals surface area contributed by atoms with Gasteiger partial charge in [-0.2, -0.15) is 0 Å². The predicted molar refractivity (Wildman–Crippen MR) is 174 cm³/mol. The maximum absolute atomic E-state index is 13.7. The van der Waals surface area contributed by atoms with Gasteiger partial charge in [-0.05, 0) is 105 Å². The van der Waals surface area contributed by atoms with Crippen LogP contribution in [0.4, 0.5) is 20.2 Å². The molecule has 2 fully saturated rings. The Morgan fingerprint density at radius 2 is 1.61 bits per heavy atom. The van der Waals surface area contributed by atoms with E-state index in [0.29, 0.717) is 30.8 Å². The van der Waals surface area contributed by atoms with Gasteiger partial charge in [0, 0.05) is 37.4 Å². The molecule has 2 atom stereocenters. The molecule has 2 saturated heterocycles. The number of allylic oxidation sites excluding steroid dienone is 1. The van der Waals surface area contributed by atoms with Crippen LogP contribution in [0.15, 0.2) is 83.4 Å². The van der Waals surface area contributed by atoms with E-state index < -0.39 is 21.5 Å². The van der Waals surface area contributed by atoms with Crippen molar-refractivity contribution in [1.82, 2.24) is 9.91 Å². The van der Waals surface area contributed by atoms with E-state index >= 15 is 0 Å². The fourth-order valence-electron chi connectivity index (χ4n) is 6.60. The number of sulfone groups is 1. The number of nitrogens with one attached hydrogen (secondary N) is 2. The third kappa shape index (κ3) is 9.02. The largest absolute Gasteiger partial charge is 0.326 e. The zero-order valence-corrected chi connectivity index (χ0v) is 26.7. The Bertz CT molecular complexity index is 1640. The van der Waals surface area contributed by atoms with E-state index in [0.717, 1.165) is 57.6 Å². The van der Waals surface area contributed by atoms with Crippen molar-refractivity contribution in [3.63, 3.8) is 0 Å². The highest BCUT2D eigenvalue weighted by atomic mass is 32.2. The molecule has 3 aromatic rings. The molecule has 0 spiro atoms. The topological polar surface area (TPSA) is 98.8 Å². The van der Waals surface area contributed by atoms with Gasteiger partial charge in [-0.3, -0.25) is 15.2 Å². The third-order valence-electron chi connectivity index (χ3n) is 9.05. The molecule has 2 aliphatic heterocycles. The molecule has 2 N–H and O–H groups in total. The molecular formula is C35H40F2N4O4S. The Morgan fingerprint density at radius 3 is 2.24 bits per heavy atom. The molecule has 0 aliphatic carbocycles. The number of hydrogen-bond donors (Lipinski definition) is 2. The first-order valence-electron chi connectivity index (χ1n) is 15.7. The smallest absolute Gasteiger partial charge is 0.224 e. The van der Waals surface area contributed by atoms with Crippen molar-refractivity contribution < 1.29 is 26.8 Å². The lowest BCUT2D eigenvalue weighted by atomic mass is 9.77. The zero-order valence-electron chi connectivity index (χ0n) is 25.9. The summed E-state index contributed by atoms with van der Waals surface area (Å²) in [7, 11) is -3.29. The fraction of sp³-hybridized carbons (Fsp3) is 0.400. The quantitative estimate of drug-likeness (QED) is 0.244. The van der Waals surface area contributed by atoms with Gasteiger partial charge in [0.15, 0.2) is 9.84 Å². The van der Waals surface area contributed by atoms with Crippen LogP contribution in [-0.2, 0) is 19.4 Å². The number of carbonyl (C=O) groups excluding carboxylic acids is 2. The molecule has 1 amide bonds. The lowest BCUT2D eigenvalue weighted by Gasteiger charge is -2.39. The molecule has 11 heteroatoms. The minimum Gasteiger partial charge on any atom is -0.326 e. The number of halogens is 2. The first kappa shape index (κ1) is 33.3. The van der Waals surface area contributed by atoms with E-state index in [4.69, 9.17) is 0 Å². The summed E-state index contributed by atoms with van der Waals surface area (Å²) in [5.41, 5.74) is 5.47. The molecule has 2 aliphatic rings. The van der Waals surface area contributed by atoms with Crippen molar-refractivity contribution in [3.05, 3.63) is 95.7 Å². The molecule has 3 aromatic carbocycles. The summed E-state index contributed by atoms with van der Waals surface area (Å²) in [4.78, 5) is 27.4. The van der Waals surface area contributed by atoms with E-state index in [1.807, 2.05) is 18.2 Å². The highest BCUT2D eigenvalue weighted by Crippen LogP contribution is 2.38. The van der Waals surface area contributed by atoms with Crippen LogP contribution in [0.5, 0.6) is 0 Å². The summed E-state index contributed by atoms with van der Waals surface area (Å²) in [5, 5.41) is 4.53. The third-order valence-corrected chi connectivity index (χ3v) is 10.2. The molecule has 0 radical (unpaired) electrons. The lowest BCUT2D eigenvalue weighted by Crippen LogP contribution is -2.39. The second-order valence-corrected chi connectivity index (χ2v) is 14.4. The number of anilines is 2. The number of hydrazine groups is 1. The minimum atomic E-state index is -3.29. The van der Waals surface area contributed by atoms with Crippen LogP contribution in [0, 0.1) is 23.5 Å². The molecular weight excluding hydrogens is 610 g/mol. The minimum absolute atomic E-state index is 0.0721. The van der Waals surface area contributed by atoms with Crippen molar-refractivity contribution in [3.8, 4) is 0 Å². The van der Waals surface area contributed by atoms with E-state index in [2.05, 4.69) is 33.7 Å². The maximum Gasteiger partial charge on any atom is 0.224 e. The molecule has 46 heavy (non-hydrogen) atoms. The number of carbonyl (C=O) groups is 1. The van der Waals surface area contributed by atoms with Gasteiger partial charge >= 0.3 is 0 Å². The number of rotatable bonds is 11. The molecule has 0 bridgehead atoms. The summed E-state index contributed by atoms with van der Waals surface area (Å²) in [6.07, 6.45) is 5.62. The predicted octanol–water partition coefficient (Wildman–Crippen LogP) is 6.04. The Kier molecular flexibility index (Phi) is 10.9. The Hall–Kier alpha value is -4.05. The Balaban J connectivity index is 1.13. The molecule has 8 nitrogen and oxygen atoms in total. The van der Waals surface area contributed by atoms with Gasteiger partial charge in [0.25, 0.3) is 0 Å². The standard InChI is InChI=1S/C35H40F2N4O4S/c1-46(44,45)33-9-7-30(8-10-33)38-35(43)19-25-11-15-40(16-12-25)17-14-34(26-5-3-2-4-6-26)27-13-18-41(32(20-27)24-42)39-31-22-28(36)21-29(37)23-31/h2-10,21-23,25,27,34,39H,11-20H2,1H3,(H,38,43). The van der Waals surface area contributed by atoms with Crippen molar-refractivity contribution in [2.75, 3.05) is 43.2 Å². The second-order valence-electron chi connectivity index (χ2n) is 12.4. The van der Waals surface area contributed by atoms with Crippen molar-refractivity contribution in [2.24, 2.45) is 11.8 Å². The van der Waals surface area contributed by atoms with Crippen LogP contribution in [0.1, 0.15) is 50.0 Å². The molecule has 0 saturated carbocycles. The van der Waals surface area contributed by atoms with E-state index in [1.54, 1.807) is 17.1 Å². The van der Waals surface area contributed by atoms with Gasteiger partial charge < -0.3 is 10.2 Å². The maximum atomic E-state index is 13.7. The van der Waals surface area contributed by atoms with E-state index in [-0.39, 0.29) is 34.2 Å². The number of hydrogen-bond acceptors (Lipinski definition) is 7. The number of amides is 1. The highest BCUT2D eigenvalue weighted by Gasteiger charge is 2.32. The van der Waals surface area contributed by atoms with Gasteiger partial charge in [0.05, 0.1) is 10.6 Å². The Labute approximate surface area is 269 Å². The van der Waals surface area contributed by atoms with Gasteiger partial charge in [-0.1, -0.05) is 30.3 Å². The molecule has 2 heterocycles.